The van der Waals surface area contributed by atoms with E-state index in [1.54, 1.807) is 12.4 Å². The minimum Gasteiger partial charge on any atom is -0.281 e. The van der Waals surface area contributed by atoms with Crippen LogP contribution in [0.25, 0.3) is 17.3 Å². The SMILES string of the molecule is C1=CC(c2ccncc2)(c2ccncc2)Cc2[nH]nc(-c3ccncc3)c21. The molecule has 0 unspecified atom stereocenters. The van der Waals surface area contributed by atoms with Crippen LogP contribution in [0.4, 0.5) is 0 Å². The number of H-pyrrole nitrogens is 1. The van der Waals surface area contributed by atoms with Crippen molar-refractivity contribution in [2.45, 2.75) is 11.8 Å². The van der Waals surface area contributed by atoms with Crippen molar-refractivity contribution in [3.8, 4) is 11.3 Å². The molecule has 0 saturated heterocycles. The summed E-state index contributed by atoms with van der Waals surface area (Å²) in [6.07, 6.45) is 16.2. The summed E-state index contributed by atoms with van der Waals surface area (Å²) < 4.78 is 0. The highest BCUT2D eigenvalue weighted by atomic mass is 15.1. The van der Waals surface area contributed by atoms with Crippen LogP contribution in [0.2, 0.25) is 0 Å². The van der Waals surface area contributed by atoms with Crippen molar-refractivity contribution in [1.29, 1.82) is 0 Å². The molecule has 130 valence electrons. The second kappa shape index (κ2) is 6.29. The number of hydrogen-bond donors (Lipinski definition) is 1. The minimum absolute atomic E-state index is 0.277. The van der Waals surface area contributed by atoms with E-state index in [9.17, 15) is 0 Å². The number of aromatic amines is 1. The Labute approximate surface area is 156 Å². The van der Waals surface area contributed by atoms with E-state index in [0.29, 0.717) is 0 Å². The molecule has 5 heteroatoms. The summed E-state index contributed by atoms with van der Waals surface area (Å²) in [4.78, 5) is 12.5. The average Bonchev–Trinajstić information content (AvgIpc) is 3.18. The second-order valence-electron chi connectivity index (χ2n) is 6.65. The van der Waals surface area contributed by atoms with Crippen LogP contribution in [-0.2, 0) is 11.8 Å². The fraction of sp³-hybridized carbons (Fsp3) is 0.0909. The van der Waals surface area contributed by atoms with E-state index in [4.69, 9.17) is 0 Å². The molecule has 4 aromatic rings. The van der Waals surface area contributed by atoms with Crippen LogP contribution in [0, 0.1) is 0 Å². The van der Waals surface area contributed by atoms with Crippen molar-refractivity contribution in [1.82, 2.24) is 25.1 Å². The van der Waals surface area contributed by atoms with Crippen molar-refractivity contribution >= 4 is 6.08 Å². The van der Waals surface area contributed by atoms with Gasteiger partial charge in [0.05, 0.1) is 5.69 Å². The van der Waals surface area contributed by atoms with Gasteiger partial charge in [-0.1, -0.05) is 12.2 Å². The molecule has 0 atom stereocenters. The topological polar surface area (TPSA) is 67.3 Å². The lowest BCUT2D eigenvalue weighted by atomic mass is 9.69. The van der Waals surface area contributed by atoms with Crippen molar-refractivity contribution < 1.29 is 0 Å². The van der Waals surface area contributed by atoms with Gasteiger partial charge in [-0.05, 0) is 47.5 Å². The van der Waals surface area contributed by atoms with Crippen molar-refractivity contribution in [2.75, 3.05) is 0 Å². The van der Waals surface area contributed by atoms with Gasteiger partial charge in [0.15, 0.2) is 0 Å². The Morgan fingerprint density at radius 1 is 0.741 bits per heavy atom. The molecule has 0 fully saturated rings. The third-order valence-electron chi connectivity index (χ3n) is 5.22. The number of rotatable bonds is 3. The van der Waals surface area contributed by atoms with E-state index in [-0.39, 0.29) is 5.41 Å². The molecule has 0 aliphatic heterocycles. The fourth-order valence-electron chi connectivity index (χ4n) is 3.86. The zero-order valence-corrected chi connectivity index (χ0v) is 14.6. The van der Waals surface area contributed by atoms with Crippen LogP contribution in [0.3, 0.4) is 0 Å². The van der Waals surface area contributed by atoms with Crippen LogP contribution in [0.1, 0.15) is 22.4 Å². The van der Waals surface area contributed by atoms with E-state index < -0.39 is 0 Å². The molecule has 1 aliphatic rings. The van der Waals surface area contributed by atoms with E-state index >= 15 is 0 Å². The Morgan fingerprint density at radius 2 is 1.30 bits per heavy atom. The normalized spacial score (nSPS) is 14.7. The van der Waals surface area contributed by atoms with Crippen LogP contribution in [-0.4, -0.2) is 25.1 Å². The Kier molecular flexibility index (Phi) is 3.64. The molecule has 0 radical (unpaired) electrons. The number of aromatic nitrogens is 5. The molecule has 0 bridgehead atoms. The van der Waals surface area contributed by atoms with Gasteiger partial charge in [0.2, 0.25) is 0 Å². The molecule has 0 aromatic carbocycles. The van der Waals surface area contributed by atoms with Crippen LogP contribution in [0.5, 0.6) is 0 Å². The smallest absolute Gasteiger partial charge is 0.0996 e. The van der Waals surface area contributed by atoms with Gasteiger partial charge < -0.3 is 0 Å². The summed E-state index contributed by atoms with van der Waals surface area (Å²) in [6.45, 7) is 0. The van der Waals surface area contributed by atoms with Gasteiger partial charge in [-0.2, -0.15) is 5.10 Å². The number of fused-ring (bicyclic) bond motifs is 1. The molecule has 0 spiro atoms. The lowest BCUT2D eigenvalue weighted by molar-refractivity contribution is 0.619. The number of nitrogens with zero attached hydrogens (tertiary/aromatic N) is 4. The van der Waals surface area contributed by atoms with E-state index in [1.807, 2.05) is 36.9 Å². The van der Waals surface area contributed by atoms with Gasteiger partial charge in [0.1, 0.15) is 0 Å². The number of nitrogens with one attached hydrogen (secondary N) is 1. The van der Waals surface area contributed by atoms with Gasteiger partial charge in [-0.15, -0.1) is 0 Å². The first-order valence-corrected chi connectivity index (χ1v) is 8.85. The van der Waals surface area contributed by atoms with Gasteiger partial charge in [0.25, 0.3) is 0 Å². The molecule has 4 aromatic heterocycles. The molecule has 4 heterocycles. The maximum absolute atomic E-state index is 4.59. The van der Waals surface area contributed by atoms with Crippen LogP contribution >= 0.6 is 0 Å². The summed E-state index contributed by atoms with van der Waals surface area (Å²) in [6, 6.07) is 12.3. The standard InChI is InChI=1S/C22H17N5/c1-8-22(17-4-11-24-12-5-17,18-6-13-25-14-7-18)15-20-19(1)21(27-26-20)16-2-9-23-10-3-16/h1-14H,15H2,(H,26,27). The zero-order valence-electron chi connectivity index (χ0n) is 14.6. The van der Waals surface area contributed by atoms with E-state index in [0.717, 1.165) is 28.9 Å². The summed E-state index contributed by atoms with van der Waals surface area (Å²) in [5.41, 5.74) is 6.41. The quantitative estimate of drug-likeness (QED) is 0.609. The molecule has 0 saturated carbocycles. The first kappa shape index (κ1) is 15.6. The molecule has 27 heavy (non-hydrogen) atoms. The first-order chi connectivity index (χ1) is 13.4. The summed E-state index contributed by atoms with van der Waals surface area (Å²) in [5, 5.41) is 7.86. The average molecular weight is 351 g/mol. The Balaban J connectivity index is 1.66. The first-order valence-electron chi connectivity index (χ1n) is 8.85. The highest BCUT2D eigenvalue weighted by molar-refractivity contribution is 5.76. The second-order valence-corrected chi connectivity index (χ2v) is 6.65. The molecular weight excluding hydrogens is 334 g/mol. The van der Waals surface area contributed by atoms with E-state index in [2.05, 4.69) is 61.6 Å². The number of hydrogen-bond acceptors (Lipinski definition) is 4. The predicted molar refractivity (Wildman–Crippen MR) is 104 cm³/mol. The molecular formula is C22H17N5. The summed E-state index contributed by atoms with van der Waals surface area (Å²) in [7, 11) is 0. The van der Waals surface area contributed by atoms with Gasteiger partial charge >= 0.3 is 0 Å². The van der Waals surface area contributed by atoms with Crippen LogP contribution < -0.4 is 0 Å². The van der Waals surface area contributed by atoms with Gasteiger partial charge in [-0.25, -0.2) is 0 Å². The Morgan fingerprint density at radius 3 is 1.89 bits per heavy atom. The van der Waals surface area contributed by atoms with E-state index in [1.165, 1.54) is 11.1 Å². The maximum Gasteiger partial charge on any atom is 0.0996 e. The molecule has 5 nitrogen and oxygen atoms in total. The molecule has 0 amide bonds. The molecule has 1 aliphatic carbocycles. The highest BCUT2D eigenvalue weighted by Crippen LogP contribution is 2.42. The van der Waals surface area contributed by atoms with Gasteiger partial charge in [-0.3, -0.25) is 20.1 Å². The largest absolute Gasteiger partial charge is 0.281 e. The fourth-order valence-corrected chi connectivity index (χ4v) is 3.86. The van der Waals surface area contributed by atoms with Crippen LogP contribution in [0.15, 0.2) is 79.7 Å². The third-order valence-corrected chi connectivity index (χ3v) is 5.22. The third kappa shape index (κ3) is 2.56. The predicted octanol–water partition coefficient (Wildman–Crippen LogP) is 3.82. The summed E-state index contributed by atoms with van der Waals surface area (Å²) >= 11 is 0. The lowest BCUT2D eigenvalue weighted by Gasteiger charge is -2.34. The summed E-state index contributed by atoms with van der Waals surface area (Å²) in [5.74, 6) is 0. The molecule has 5 rings (SSSR count). The number of allylic oxidation sites excluding steroid dienone is 1. The van der Waals surface area contributed by atoms with Gasteiger partial charge in [0, 0.05) is 65.8 Å². The van der Waals surface area contributed by atoms with Crippen molar-refractivity contribution in [3.05, 3.63) is 102 Å². The zero-order chi connectivity index (χ0) is 18.1. The van der Waals surface area contributed by atoms with Crippen molar-refractivity contribution in [3.63, 3.8) is 0 Å². The Bertz CT molecular complexity index is 1050. The minimum atomic E-state index is -0.277. The molecule has 1 N–H and O–H groups in total. The number of pyridine rings is 3. The highest BCUT2D eigenvalue weighted by Gasteiger charge is 2.36. The monoisotopic (exact) mass is 351 g/mol. The lowest BCUT2D eigenvalue weighted by Crippen LogP contribution is -2.30. The Hall–Kier alpha value is -3.60. The van der Waals surface area contributed by atoms with Crippen molar-refractivity contribution in [2.24, 2.45) is 0 Å². The maximum atomic E-state index is 4.59.